The van der Waals surface area contributed by atoms with Crippen molar-refractivity contribution < 1.29 is 34.1 Å². The number of thioether (sulfide) groups is 1. The van der Waals surface area contributed by atoms with Gasteiger partial charge in [0.25, 0.3) is 11.8 Å². The molecule has 2 atom stereocenters. The van der Waals surface area contributed by atoms with Crippen LogP contribution in [0.15, 0.2) is 41.1 Å². The Bertz CT molecular complexity index is 1060. The summed E-state index contributed by atoms with van der Waals surface area (Å²) in [5.41, 5.74) is 0.277. The summed E-state index contributed by atoms with van der Waals surface area (Å²) in [4.78, 5) is 48.9. The van der Waals surface area contributed by atoms with E-state index in [2.05, 4.69) is 5.32 Å². The minimum absolute atomic E-state index is 0.0324. The number of nitriles is 1. The van der Waals surface area contributed by atoms with E-state index in [0.717, 1.165) is 4.90 Å². The van der Waals surface area contributed by atoms with E-state index in [1.54, 1.807) is 6.07 Å². The van der Waals surface area contributed by atoms with Crippen molar-refractivity contribution >= 4 is 41.6 Å². The first-order chi connectivity index (χ1) is 14.7. The van der Waals surface area contributed by atoms with E-state index in [0.29, 0.717) is 5.56 Å². The van der Waals surface area contributed by atoms with Crippen LogP contribution in [-0.2, 0) is 23.9 Å². The van der Waals surface area contributed by atoms with Gasteiger partial charge in [-0.25, -0.2) is 4.79 Å². The van der Waals surface area contributed by atoms with Crippen LogP contribution in [0.2, 0.25) is 0 Å². The number of aliphatic carboxylic acids is 1. The molecule has 2 aliphatic rings. The number of phenols is 1. The third-order valence-electron chi connectivity index (χ3n) is 4.56. The molecule has 1 aromatic carbocycles. The maximum Gasteiger partial charge on any atom is 0.352 e. The largest absolute Gasteiger partial charge is 0.508 e. The predicted octanol–water partition coefficient (Wildman–Crippen LogP) is 0.601. The lowest BCUT2D eigenvalue weighted by Crippen LogP contribution is -2.70. The number of fused-ring (bicyclic) bond motifs is 1. The summed E-state index contributed by atoms with van der Waals surface area (Å²) in [5.74, 6) is -3.09. The summed E-state index contributed by atoms with van der Waals surface area (Å²) in [6.07, 6.45) is 1.31. The van der Waals surface area contributed by atoms with Crippen LogP contribution in [0.3, 0.4) is 0 Å². The summed E-state index contributed by atoms with van der Waals surface area (Å²) >= 11 is 1.22. The molecule has 0 radical (unpaired) electrons. The fourth-order valence-electron chi connectivity index (χ4n) is 3.09. The Balaban J connectivity index is 1.75. The number of carbonyl (C=O) groups is 4. The molecule has 0 saturated carbocycles. The quantitative estimate of drug-likeness (QED) is 0.248. The Morgan fingerprint density at radius 1 is 1.35 bits per heavy atom. The van der Waals surface area contributed by atoms with Crippen LogP contribution in [0.4, 0.5) is 0 Å². The summed E-state index contributed by atoms with van der Waals surface area (Å²) < 4.78 is 4.87. The Hall–Kier alpha value is -3.78. The van der Waals surface area contributed by atoms with E-state index in [-0.39, 0.29) is 35.0 Å². The number of rotatable bonds is 6. The molecule has 0 aromatic heterocycles. The summed E-state index contributed by atoms with van der Waals surface area (Å²) in [5, 5.41) is 30.0. The van der Waals surface area contributed by atoms with Gasteiger partial charge in [0.15, 0.2) is 0 Å². The number of carboxylic acid groups (broad SMARTS) is 1. The zero-order valence-electron chi connectivity index (χ0n) is 16.2. The van der Waals surface area contributed by atoms with Gasteiger partial charge in [-0.1, -0.05) is 12.1 Å². The number of benzene rings is 1. The first-order valence-electron chi connectivity index (χ1n) is 8.98. The van der Waals surface area contributed by atoms with Crippen LogP contribution in [0, 0.1) is 11.3 Å². The van der Waals surface area contributed by atoms with Crippen molar-refractivity contribution in [1.82, 2.24) is 10.2 Å². The van der Waals surface area contributed by atoms with Gasteiger partial charge in [0.05, 0.1) is 0 Å². The van der Waals surface area contributed by atoms with Gasteiger partial charge >= 0.3 is 11.9 Å². The van der Waals surface area contributed by atoms with E-state index in [9.17, 15) is 34.7 Å². The molecular weight excluding hydrogens is 426 g/mol. The lowest BCUT2D eigenvalue weighted by molar-refractivity contribution is -0.150. The number of phenolic OH excluding ortho intramolecular Hbond substituents is 1. The van der Waals surface area contributed by atoms with Gasteiger partial charge in [-0.15, -0.1) is 11.8 Å². The number of carbonyl (C=O) groups excluding carboxylic acids is 3. The van der Waals surface area contributed by atoms with Gasteiger partial charge in [-0.3, -0.25) is 19.3 Å². The van der Waals surface area contributed by atoms with E-state index >= 15 is 0 Å². The van der Waals surface area contributed by atoms with Crippen molar-refractivity contribution in [2.45, 2.75) is 18.3 Å². The third-order valence-corrected chi connectivity index (χ3v) is 5.89. The molecule has 10 nitrogen and oxygen atoms in total. The van der Waals surface area contributed by atoms with Crippen LogP contribution >= 0.6 is 11.8 Å². The standard InChI is InChI=1S/C20H17N3O7S/c1-10(24)30-8-13-9-31-19-15(18(27)23(19)16(13)20(28)29)22-17(26)12(7-21)6-11-2-4-14(25)5-3-11/h2-6,15,19,25H,8-9H2,1H3,(H,22,26)(H,28,29)/b12-6+/t15-,19-/m1/s1. The smallest absolute Gasteiger partial charge is 0.352 e. The molecule has 3 N–H and O–H groups in total. The summed E-state index contributed by atoms with van der Waals surface area (Å²) in [6.45, 7) is 0.948. The summed E-state index contributed by atoms with van der Waals surface area (Å²) in [6, 6.07) is 6.60. The number of β-lactam (4-membered cyclic amide) rings is 1. The SMILES string of the molecule is CC(=O)OCC1=C(C(=O)O)N2C(=O)[C@@H](NC(=O)/C(C#N)=C/c3ccc(O)cc3)[C@H]2SC1. The highest BCUT2D eigenvalue weighted by Crippen LogP contribution is 2.40. The zero-order chi connectivity index (χ0) is 22.7. The van der Waals surface area contributed by atoms with Gasteiger partial charge in [0.2, 0.25) is 0 Å². The Morgan fingerprint density at radius 2 is 2.03 bits per heavy atom. The second kappa shape index (κ2) is 8.93. The Kier molecular flexibility index (Phi) is 6.31. The molecule has 11 heteroatoms. The van der Waals surface area contributed by atoms with Gasteiger partial charge in [0, 0.05) is 18.2 Å². The van der Waals surface area contributed by atoms with Gasteiger partial charge in [0.1, 0.15) is 41.1 Å². The number of ether oxygens (including phenoxy) is 1. The second-order valence-electron chi connectivity index (χ2n) is 6.66. The van der Waals surface area contributed by atoms with E-state index in [1.165, 1.54) is 49.0 Å². The fourth-order valence-corrected chi connectivity index (χ4v) is 4.42. The predicted molar refractivity (Wildman–Crippen MR) is 108 cm³/mol. The van der Waals surface area contributed by atoms with E-state index < -0.39 is 35.2 Å². The highest BCUT2D eigenvalue weighted by molar-refractivity contribution is 8.00. The minimum atomic E-state index is -1.34. The van der Waals surface area contributed by atoms with Gasteiger partial charge < -0.3 is 20.3 Å². The number of hydrogen-bond acceptors (Lipinski definition) is 8. The molecule has 2 amide bonds. The molecule has 1 saturated heterocycles. The lowest BCUT2D eigenvalue weighted by atomic mass is 10.0. The molecule has 1 aromatic rings. The number of esters is 1. The first-order valence-corrected chi connectivity index (χ1v) is 10.0. The van der Waals surface area contributed by atoms with Crippen molar-refractivity contribution in [3.05, 3.63) is 46.7 Å². The third kappa shape index (κ3) is 4.54. The van der Waals surface area contributed by atoms with E-state index in [1.807, 2.05) is 0 Å². The Morgan fingerprint density at radius 3 is 2.61 bits per heavy atom. The summed E-state index contributed by atoms with van der Waals surface area (Å²) in [7, 11) is 0. The van der Waals surface area contributed by atoms with Crippen LogP contribution in [-0.4, -0.2) is 62.6 Å². The first kappa shape index (κ1) is 21.9. The number of nitrogens with one attached hydrogen (secondary N) is 1. The number of carboxylic acids is 1. The van der Waals surface area contributed by atoms with Crippen molar-refractivity contribution in [2.75, 3.05) is 12.4 Å². The molecule has 0 spiro atoms. The normalized spacial score (nSPS) is 20.3. The number of amides is 2. The maximum atomic E-state index is 12.6. The van der Waals surface area contributed by atoms with Crippen molar-refractivity contribution in [1.29, 1.82) is 5.26 Å². The van der Waals surface area contributed by atoms with Crippen molar-refractivity contribution in [3.63, 3.8) is 0 Å². The Labute approximate surface area is 180 Å². The average molecular weight is 443 g/mol. The van der Waals surface area contributed by atoms with Crippen LogP contribution in [0.5, 0.6) is 5.75 Å². The minimum Gasteiger partial charge on any atom is -0.508 e. The average Bonchev–Trinajstić information content (AvgIpc) is 2.74. The van der Waals surface area contributed by atoms with Crippen LogP contribution in [0.1, 0.15) is 12.5 Å². The fraction of sp³-hybridized carbons (Fsp3) is 0.250. The van der Waals surface area contributed by atoms with Gasteiger partial charge in [-0.05, 0) is 23.8 Å². The topological polar surface area (TPSA) is 157 Å². The second-order valence-corrected chi connectivity index (χ2v) is 7.76. The molecule has 0 unspecified atom stereocenters. The molecule has 2 aliphatic heterocycles. The molecule has 2 heterocycles. The molecule has 160 valence electrons. The molecule has 1 fully saturated rings. The number of hydrogen-bond donors (Lipinski definition) is 3. The van der Waals surface area contributed by atoms with Crippen molar-refractivity contribution in [3.8, 4) is 11.8 Å². The molecule has 3 rings (SSSR count). The van der Waals surface area contributed by atoms with Crippen LogP contribution < -0.4 is 5.32 Å². The van der Waals surface area contributed by atoms with Gasteiger partial charge in [-0.2, -0.15) is 5.26 Å². The molecule has 31 heavy (non-hydrogen) atoms. The van der Waals surface area contributed by atoms with Crippen molar-refractivity contribution in [2.24, 2.45) is 0 Å². The number of aromatic hydroxyl groups is 1. The lowest BCUT2D eigenvalue weighted by Gasteiger charge is -2.49. The van der Waals surface area contributed by atoms with Crippen LogP contribution in [0.25, 0.3) is 6.08 Å². The van der Waals surface area contributed by atoms with E-state index in [4.69, 9.17) is 4.74 Å². The zero-order valence-corrected chi connectivity index (χ0v) is 17.0. The monoisotopic (exact) mass is 443 g/mol. The highest BCUT2D eigenvalue weighted by atomic mass is 32.2. The molecule has 0 bridgehead atoms. The molecular formula is C20H17N3O7S. The highest BCUT2D eigenvalue weighted by Gasteiger charge is 2.54. The maximum absolute atomic E-state index is 12.6. The molecule has 0 aliphatic carbocycles. The number of nitrogens with zero attached hydrogens (tertiary/aromatic N) is 2.